The highest BCUT2D eigenvalue weighted by atomic mass is 16.5. The number of benzene rings is 2. The minimum atomic E-state index is -0.0160. The van der Waals surface area contributed by atoms with Crippen LogP contribution in [-0.4, -0.2) is 17.7 Å². The number of aryl methyl sites for hydroxylation is 2. The second-order valence-corrected chi connectivity index (χ2v) is 6.58. The molecule has 0 amide bonds. The molecule has 2 heterocycles. The fourth-order valence-electron chi connectivity index (χ4n) is 3.50. The van der Waals surface area contributed by atoms with Crippen LogP contribution in [0.1, 0.15) is 29.8 Å². The SMILES string of the molecule is CCc1ccc(N2CCOC2c2ccn(-c3ccccc3C)c2)cc1. The van der Waals surface area contributed by atoms with E-state index in [9.17, 15) is 0 Å². The Balaban J connectivity index is 1.61. The van der Waals surface area contributed by atoms with Gasteiger partial charge in [0, 0.05) is 35.9 Å². The smallest absolute Gasteiger partial charge is 0.158 e. The van der Waals surface area contributed by atoms with Crippen LogP contribution in [0.15, 0.2) is 67.0 Å². The third-order valence-corrected chi connectivity index (χ3v) is 4.96. The van der Waals surface area contributed by atoms with Crippen molar-refractivity contribution in [3.8, 4) is 5.69 Å². The fourth-order valence-corrected chi connectivity index (χ4v) is 3.50. The largest absolute Gasteiger partial charge is 0.352 e. The summed E-state index contributed by atoms with van der Waals surface area (Å²) in [5, 5.41) is 0. The molecule has 1 atom stereocenters. The van der Waals surface area contributed by atoms with Crippen LogP contribution < -0.4 is 4.90 Å². The predicted molar refractivity (Wildman–Crippen MR) is 102 cm³/mol. The summed E-state index contributed by atoms with van der Waals surface area (Å²) >= 11 is 0. The molecule has 0 spiro atoms. The third kappa shape index (κ3) is 3.08. The predicted octanol–water partition coefficient (Wildman–Crippen LogP) is 4.88. The zero-order chi connectivity index (χ0) is 17.2. The van der Waals surface area contributed by atoms with E-state index in [2.05, 4.69) is 90.3 Å². The van der Waals surface area contributed by atoms with E-state index in [4.69, 9.17) is 4.74 Å². The van der Waals surface area contributed by atoms with E-state index in [1.165, 1.54) is 28.1 Å². The summed E-state index contributed by atoms with van der Waals surface area (Å²) in [6, 6.07) is 19.4. The van der Waals surface area contributed by atoms with E-state index in [-0.39, 0.29) is 6.23 Å². The van der Waals surface area contributed by atoms with Crippen molar-refractivity contribution in [2.45, 2.75) is 26.5 Å². The number of rotatable bonds is 4. The summed E-state index contributed by atoms with van der Waals surface area (Å²) < 4.78 is 8.24. The molecule has 25 heavy (non-hydrogen) atoms. The van der Waals surface area contributed by atoms with Crippen LogP contribution in [-0.2, 0) is 11.2 Å². The Morgan fingerprint density at radius 3 is 2.60 bits per heavy atom. The average molecular weight is 332 g/mol. The van der Waals surface area contributed by atoms with Crippen LogP contribution in [0.4, 0.5) is 5.69 Å². The van der Waals surface area contributed by atoms with Crippen molar-refractivity contribution < 1.29 is 4.74 Å². The molecule has 0 bridgehead atoms. The lowest BCUT2D eigenvalue weighted by Gasteiger charge is -2.24. The third-order valence-electron chi connectivity index (χ3n) is 4.96. The number of nitrogens with zero attached hydrogens (tertiary/aromatic N) is 2. The molecule has 0 saturated carbocycles. The summed E-state index contributed by atoms with van der Waals surface area (Å²) in [4.78, 5) is 2.34. The Labute approximate surface area is 149 Å². The van der Waals surface area contributed by atoms with Gasteiger partial charge in [0.15, 0.2) is 6.23 Å². The van der Waals surface area contributed by atoms with Gasteiger partial charge in [-0.3, -0.25) is 0 Å². The quantitative estimate of drug-likeness (QED) is 0.677. The first-order valence-electron chi connectivity index (χ1n) is 8.97. The highest BCUT2D eigenvalue weighted by molar-refractivity contribution is 5.50. The summed E-state index contributed by atoms with van der Waals surface area (Å²) in [5.41, 5.74) is 6.27. The lowest BCUT2D eigenvalue weighted by atomic mass is 10.1. The van der Waals surface area contributed by atoms with Gasteiger partial charge in [0.05, 0.1) is 6.61 Å². The first-order chi connectivity index (χ1) is 12.3. The van der Waals surface area contributed by atoms with Gasteiger partial charge in [0.1, 0.15) is 0 Å². The van der Waals surface area contributed by atoms with Gasteiger partial charge in [-0.1, -0.05) is 37.3 Å². The molecule has 4 rings (SSSR count). The van der Waals surface area contributed by atoms with Crippen LogP contribution in [0.5, 0.6) is 0 Å². The number of hydrogen-bond acceptors (Lipinski definition) is 2. The topological polar surface area (TPSA) is 17.4 Å². The summed E-state index contributed by atoms with van der Waals surface area (Å²) in [6.45, 7) is 6.01. The molecule has 0 radical (unpaired) electrons. The molecule has 1 aromatic heterocycles. The number of hydrogen-bond donors (Lipinski definition) is 0. The van der Waals surface area contributed by atoms with Crippen molar-refractivity contribution in [1.29, 1.82) is 0 Å². The van der Waals surface area contributed by atoms with Crippen LogP contribution in [0.25, 0.3) is 5.69 Å². The van der Waals surface area contributed by atoms with Gasteiger partial charge in [-0.25, -0.2) is 0 Å². The molecule has 1 aliphatic rings. The highest BCUT2D eigenvalue weighted by Crippen LogP contribution is 2.33. The Morgan fingerprint density at radius 2 is 1.84 bits per heavy atom. The van der Waals surface area contributed by atoms with Gasteiger partial charge < -0.3 is 14.2 Å². The lowest BCUT2D eigenvalue weighted by Crippen LogP contribution is -2.22. The van der Waals surface area contributed by atoms with Crippen molar-refractivity contribution in [2.75, 3.05) is 18.1 Å². The number of aromatic nitrogens is 1. The molecular formula is C22H24N2O. The lowest BCUT2D eigenvalue weighted by molar-refractivity contribution is 0.114. The molecule has 1 unspecified atom stereocenters. The van der Waals surface area contributed by atoms with Crippen molar-refractivity contribution >= 4 is 5.69 Å². The standard InChI is InChI=1S/C22H24N2O/c1-3-18-8-10-20(11-9-18)24-14-15-25-22(24)19-12-13-23(16-19)21-7-5-4-6-17(21)2/h4-13,16,22H,3,14-15H2,1-2H3. The second-order valence-electron chi connectivity index (χ2n) is 6.58. The Hall–Kier alpha value is -2.52. The van der Waals surface area contributed by atoms with E-state index in [0.717, 1.165) is 19.6 Å². The van der Waals surface area contributed by atoms with Crippen LogP contribution in [0.3, 0.4) is 0 Å². The Kier molecular flexibility index (Phi) is 4.33. The second kappa shape index (κ2) is 6.77. The van der Waals surface area contributed by atoms with Crippen LogP contribution >= 0.6 is 0 Å². The van der Waals surface area contributed by atoms with Crippen molar-refractivity contribution in [2.24, 2.45) is 0 Å². The molecule has 0 aliphatic carbocycles. The molecule has 3 aromatic rings. The molecular weight excluding hydrogens is 308 g/mol. The van der Waals surface area contributed by atoms with Gasteiger partial charge in [0.2, 0.25) is 0 Å². The molecule has 2 aromatic carbocycles. The molecule has 3 heteroatoms. The first-order valence-corrected chi connectivity index (χ1v) is 8.97. The van der Waals surface area contributed by atoms with E-state index in [1.54, 1.807) is 0 Å². The van der Waals surface area contributed by atoms with Gasteiger partial charge >= 0.3 is 0 Å². The molecule has 1 saturated heterocycles. The fraction of sp³-hybridized carbons (Fsp3) is 0.273. The van der Waals surface area contributed by atoms with E-state index in [1.807, 2.05) is 0 Å². The Morgan fingerprint density at radius 1 is 1.04 bits per heavy atom. The maximum atomic E-state index is 6.05. The maximum Gasteiger partial charge on any atom is 0.158 e. The van der Waals surface area contributed by atoms with Crippen LogP contribution in [0.2, 0.25) is 0 Å². The zero-order valence-corrected chi connectivity index (χ0v) is 14.9. The highest BCUT2D eigenvalue weighted by Gasteiger charge is 2.28. The van der Waals surface area contributed by atoms with Crippen molar-refractivity contribution in [1.82, 2.24) is 4.57 Å². The summed E-state index contributed by atoms with van der Waals surface area (Å²) in [6.07, 6.45) is 5.36. The molecule has 3 nitrogen and oxygen atoms in total. The molecule has 128 valence electrons. The molecule has 1 fully saturated rings. The number of para-hydroxylation sites is 1. The molecule has 1 aliphatic heterocycles. The zero-order valence-electron chi connectivity index (χ0n) is 14.9. The molecule has 0 N–H and O–H groups in total. The maximum absolute atomic E-state index is 6.05. The van der Waals surface area contributed by atoms with Gasteiger partial charge in [0.25, 0.3) is 0 Å². The average Bonchev–Trinajstić information content (AvgIpc) is 3.31. The monoisotopic (exact) mass is 332 g/mol. The van der Waals surface area contributed by atoms with E-state index in [0.29, 0.717) is 0 Å². The Bertz CT molecular complexity index is 850. The van der Waals surface area contributed by atoms with Gasteiger partial charge in [-0.05, 0) is 48.7 Å². The number of ether oxygens (including phenoxy) is 1. The summed E-state index contributed by atoms with van der Waals surface area (Å²) in [5.74, 6) is 0. The minimum Gasteiger partial charge on any atom is -0.352 e. The van der Waals surface area contributed by atoms with Crippen LogP contribution in [0, 0.1) is 6.92 Å². The van der Waals surface area contributed by atoms with Crippen molar-refractivity contribution in [3.05, 3.63) is 83.7 Å². The van der Waals surface area contributed by atoms with Gasteiger partial charge in [-0.2, -0.15) is 0 Å². The normalized spacial score (nSPS) is 17.2. The van der Waals surface area contributed by atoms with Gasteiger partial charge in [-0.15, -0.1) is 0 Å². The summed E-state index contributed by atoms with van der Waals surface area (Å²) in [7, 11) is 0. The number of anilines is 1. The minimum absolute atomic E-state index is 0.0160. The van der Waals surface area contributed by atoms with E-state index < -0.39 is 0 Å². The van der Waals surface area contributed by atoms with E-state index >= 15 is 0 Å². The first kappa shape index (κ1) is 16.0. The van der Waals surface area contributed by atoms with Crippen molar-refractivity contribution in [3.63, 3.8) is 0 Å².